The first kappa shape index (κ1) is 22.8. The van der Waals surface area contributed by atoms with E-state index in [0.717, 1.165) is 5.56 Å². The Labute approximate surface area is 163 Å². The highest BCUT2D eigenvalue weighted by Crippen LogP contribution is 2.14. The van der Waals surface area contributed by atoms with Crippen LogP contribution in [0.4, 0.5) is 5.69 Å². The lowest BCUT2D eigenvalue weighted by Crippen LogP contribution is -2.43. The molecule has 0 aliphatic rings. The van der Waals surface area contributed by atoms with Crippen LogP contribution >= 0.6 is 0 Å². The second-order valence-corrected chi connectivity index (χ2v) is 6.69. The number of amides is 3. The van der Waals surface area contributed by atoms with Gasteiger partial charge in [-0.2, -0.15) is 0 Å². The van der Waals surface area contributed by atoms with Gasteiger partial charge >= 0.3 is 0 Å². The van der Waals surface area contributed by atoms with Crippen molar-refractivity contribution in [2.24, 2.45) is 5.92 Å². The summed E-state index contributed by atoms with van der Waals surface area (Å²) in [4.78, 5) is 46.5. The summed E-state index contributed by atoms with van der Waals surface area (Å²) in [6, 6.07) is 5.62. The number of nitrogens with one attached hydrogen (secondary N) is 2. The van der Waals surface area contributed by atoms with Crippen LogP contribution in [0.15, 0.2) is 35.9 Å². The molecule has 0 aromatic heterocycles. The first-order valence-electron chi connectivity index (χ1n) is 8.80. The van der Waals surface area contributed by atoms with Gasteiger partial charge in [0.25, 0.3) is 5.69 Å². The van der Waals surface area contributed by atoms with Crippen molar-refractivity contribution in [3.63, 3.8) is 0 Å². The molecule has 152 valence electrons. The van der Waals surface area contributed by atoms with Crippen LogP contribution in [-0.2, 0) is 20.9 Å². The van der Waals surface area contributed by atoms with E-state index in [1.165, 1.54) is 17.0 Å². The van der Waals surface area contributed by atoms with Crippen molar-refractivity contribution in [3.05, 3.63) is 51.6 Å². The van der Waals surface area contributed by atoms with Gasteiger partial charge in [-0.05, 0) is 18.4 Å². The first-order chi connectivity index (χ1) is 13.2. The molecule has 0 fully saturated rings. The maximum atomic E-state index is 12.4. The minimum Gasteiger partial charge on any atom is -0.350 e. The molecule has 0 aliphatic heterocycles. The molecular weight excluding hydrogens is 364 g/mol. The number of likely N-dealkylation sites (N-methyl/N-ethyl adjacent to an activating group) is 1. The van der Waals surface area contributed by atoms with Gasteiger partial charge in [0, 0.05) is 31.3 Å². The molecule has 1 aromatic rings. The third-order valence-electron chi connectivity index (χ3n) is 4.24. The van der Waals surface area contributed by atoms with Crippen molar-refractivity contribution in [2.75, 3.05) is 13.6 Å². The molecule has 0 saturated heterocycles. The molecule has 1 aromatic carbocycles. The molecule has 0 spiro atoms. The second-order valence-electron chi connectivity index (χ2n) is 6.69. The summed E-state index contributed by atoms with van der Waals surface area (Å²) in [6.07, 6.45) is 2.18. The molecule has 0 aliphatic carbocycles. The average molecular weight is 390 g/mol. The van der Waals surface area contributed by atoms with Crippen LogP contribution in [0.5, 0.6) is 0 Å². The van der Waals surface area contributed by atoms with Gasteiger partial charge in [0.15, 0.2) is 0 Å². The van der Waals surface area contributed by atoms with Gasteiger partial charge in [-0.15, -0.1) is 0 Å². The van der Waals surface area contributed by atoms with E-state index in [9.17, 15) is 24.5 Å². The third-order valence-corrected chi connectivity index (χ3v) is 4.24. The molecule has 0 radical (unpaired) electrons. The molecule has 0 heterocycles. The Balaban J connectivity index is 2.76. The maximum Gasteiger partial charge on any atom is 0.269 e. The zero-order valence-corrected chi connectivity index (χ0v) is 16.5. The predicted octanol–water partition coefficient (Wildman–Crippen LogP) is 1.39. The molecule has 0 bridgehead atoms. The number of non-ortho nitro benzene ring substituents is 1. The lowest BCUT2D eigenvalue weighted by atomic mass is 9.99. The highest BCUT2D eigenvalue weighted by atomic mass is 16.6. The maximum absolute atomic E-state index is 12.4. The van der Waals surface area contributed by atoms with E-state index in [2.05, 4.69) is 10.6 Å². The number of benzene rings is 1. The minimum atomic E-state index is -0.482. The van der Waals surface area contributed by atoms with Gasteiger partial charge in [0.05, 0.1) is 17.5 Å². The third kappa shape index (κ3) is 6.82. The number of carbonyl (C=O) groups excluding carboxylic acids is 3. The topological polar surface area (TPSA) is 122 Å². The minimum absolute atomic E-state index is 0.0114. The Morgan fingerprint density at radius 2 is 1.86 bits per heavy atom. The standard InChI is InChI=1S/C19H26N4O5/c1-13(2)17(22(4)18(25)11-20-12-24)9-14(3)19(26)21-10-15-5-7-16(8-6-15)23(27)28/h5-9,12-13,17H,10-11H2,1-4H3,(H,20,24)(H,21,26)/t17-/m1/s1. The average Bonchev–Trinajstić information content (AvgIpc) is 2.67. The molecule has 28 heavy (non-hydrogen) atoms. The highest BCUT2D eigenvalue weighted by Gasteiger charge is 2.22. The Hall–Kier alpha value is -3.23. The molecule has 9 heteroatoms. The van der Waals surface area contributed by atoms with Crippen molar-refractivity contribution in [1.82, 2.24) is 15.5 Å². The number of hydrogen-bond donors (Lipinski definition) is 2. The van der Waals surface area contributed by atoms with Crippen LogP contribution in [0.2, 0.25) is 0 Å². The van der Waals surface area contributed by atoms with Gasteiger partial charge < -0.3 is 15.5 Å². The summed E-state index contributed by atoms with van der Waals surface area (Å²) < 4.78 is 0. The van der Waals surface area contributed by atoms with Crippen LogP contribution in [0.3, 0.4) is 0 Å². The molecule has 9 nitrogen and oxygen atoms in total. The lowest BCUT2D eigenvalue weighted by molar-refractivity contribution is -0.384. The molecule has 0 saturated carbocycles. The first-order valence-corrected chi connectivity index (χ1v) is 8.80. The molecule has 0 unspecified atom stereocenters. The predicted molar refractivity (Wildman–Crippen MR) is 104 cm³/mol. The Morgan fingerprint density at radius 1 is 1.25 bits per heavy atom. The van der Waals surface area contributed by atoms with Gasteiger partial charge in [0.2, 0.25) is 18.2 Å². The Kier molecular flexibility index (Phi) is 8.80. The van der Waals surface area contributed by atoms with Crippen LogP contribution in [0.25, 0.3) is 0 Å². The normalized spacial score (nSPS) is 12.2. The molecule has 3 amide bonds. The zero-order valence-electron chi connectivity index (χ0n) is 16.5. The fraction of sp³-hybridized carbons (Fsp3) is 0.421. The van der Waals surface area contributed by atoms with Gasteiger partial charge in [-0.3, -0.25) is 24.5 Å². The fourth-order valence-electron chi connectivity index (χ4n) is 2.56. The van der Waals surface area contributed by atoms with Gasteiger partial charge in [-0.1, -0.05) is 32.1 Å². The molecule has 1 atom stereocenters. The van der Waals surface area contributed by atoms with E-state index in [1.54, 1.807) is 32.2 Å². The Morgan fingerprint density at radius 3 is 2.36 bits per heavy atom. The molecule has 1 rings (SSSR count). The van der Waals surface area contributed by atoms with E-state index in [0.29, 0.717) is 12.0 Å². The van der Waals surface area contributed by atoms with Gasteiger partial charge in [-0.25, -0.2) is 0 Å². The largest absolute Gasteiger partial charge is 0.350 e. The van der Waals surface area contributed by atoms with Crippen molar-refractivity contribution in [1.29, 1.82) is 0 Å². The lowest BCUT2D eigenvalue weighted by Gasteiger charge is -2.29. The second kappa shape index (κ2) is 10.8. The van der Waals surface area contributed by atoms with E-state index >= 15 is 0 Å². The molecule has 2 N–H and O–H groups in total. The zero-order chi connectivity index (χ0) is 21.3. The monoisotopic (exact) mass is 390 g/mol. The van der Waals surface area contributed by atoms with Crippen LogP contribution in [0.1, 0.15) is 26.3 Å². The van der Waals surface area contributed by atoms with E-state index in [4.69, 9.17) is 0 Å². The van der Waals surface area contributed by atoms with Crippen molar-refractivity contribution in [3.8, 4) is 0 Å². The summed E-state index contributed by atoms with van der Waals surface area (Å²) in [5.41, 5.74) is 1.17. The highest BCUT2D eigenvalue weighted by molar-refractivity contribution is 5.93. The number of nitrogens with zero attached hydrogens (tertiary/aromatic N) is 2. The summed E-state index contributed by atoms with van der Waals surface area (Å²) in [6.45, 7) is 5.64. The van der Waals surface area contributed by atoms with E-state index in [-0.39, 0.29) is 42.6 Å². The summed E-state index contributed by atoms with van der Waals surface area (Å²) in [5, 5.41) is 15.8. The summed E-state index contributed by atoms with van der Waals surface area (Å²) in [7, 11) is 1.62. The number of rotatable bonds is 10. The van der Waals surface area contributed by atoms with Gasteiger partial charge in [0.1, 0.15) is 0 Å². The quantitative estimate of drug-likeness (QED) is 0.271. The van der Waals surface area contributed by atoms with Crippen LogP contribution in [0, 0.1) is 16.0 Å². The van der Waals surface area contributed by atoms with Crippen molar-refractivity contribution >= 4 is 23.9 Å². The molecular formula is C19H26N4O5. The Bertz CT molecular complexity index is 743. The summed E-state index contributed by atoms with van der Waals surface area (Å²) >= 11 is 0. The number of hydrogen-bond acceptors (Lipinski definition) is 5. The van der Waals surface area contributed by atoms with Crippen molar-refractivity contribution < 1.29 is 19.3 Å². The fourth-order valence-corrected chi connectivity index (χ4v) is 2.56. The summed E-state index contributed by atoms with van der Waals surface area (Å²) in [5.74, 6) is -0.500. The van der Waals surface area contributed by atoms with Crippen LogP contribution < -0.4 is 10.6 Å². The SMILES string of the molecule is CC(=C[C@H](C(C)C)N(C)C(=O)CNC=O)C(=O)NCc1ccc([N+](=O)[O-])cc1. The number of nitro groups is 1. The van der Waals surface area contributed by atoms with E-state index in [1.807, 2.05) is 13.8 Å². The smallest absolute Gasteiger partial charge is 0.269 e. The van der Waals surface area contributed by atoms with Crippen LogP contribution in [-0.4, -0.2) is 47.7 Å². The van der Waals surface area contributed by atoms with E-state index < -0.39 is 4.92 Å². The number of nitro benzene ring substituents is 1. The number of carbonyl (C=O) groups is 3. The van der Waals surface area contributed by atoms with Crippen molar-refractivity contribution in [2.45, 2.75) is 33.4 Å².